The number of hydrogen-bond acceptors (Lipinski definition) is 4. The van der Waals surface area contributed by atoms with E-state index in [9.17, 15) is 0 Å². The summed E-state index contributed by atoms with van der Waals surface area (Å²) in [5.74, 6) is 1.90. The number of rotatable bonds is 5. The molecule has 1 fully saturated rings. The Morgan fingerprint density at radius 1 is 1.12 bits per heavy atom. The molecule has 2 aliphatic rings. The third kappa shape index (κ3) is 6.54. The number of benzene rings is 1. The molecule has 0 saturated heterocycles. The molecule has 0 aromatic heterocycles. The topological polar surface area (TPSA) is 78.1 Å². The minimum absolute atomic E-state index is 0. The van der Waals surface area contributed by atoms with E-state index in [0.717, 1.165) is 23.6 Å². The number of anilines is 1. The molecule has 0 bridgehead atoms. The smallest absolute Gasteiger partial charge is 0.193 e. The molecule has 140 valence electrons. The van der Waals surface area contributed by atoms with Crippen LogP contribution in [-0.2, 0) is 4.74 Å². The molecule has 0 spiro atoms. The number of nitrogens with zero attached hydrogens (tertiary/aromatic N) is 1. The van der Waals surface area contributed by atoms with Gasteiger partial charge in [0.05, 0.1) is 32.5 Å². The average Bonchev–Trinajstić information content (AvgIpc) is 2.84. The maximum Gasteiger partial charge on any atom is 0.193 e. The standard InChI is InChI=1S/C18H27N3O3.HI/c19-18(20-9-12-22-15-5-2-1-3-6-15)21-14-7-8-16-17(13-14)24-11-4-10-23-16;/h7-8,13,15H,1-6,9-12H2,(H3,19,20,21);1H. The Bertz CT molecular complexity index is 562. The van der Waals surface area contributed by atoms with Crippen molar-refractivity contribution in [2.75, 3.05) is 31.7 Å². The molecule has 1 aliphatic heterocycles. The highest BCUT2D eigenvalue weighted by molar-refractivity contribution is 14.0. The van der Waals surface area contributed by atoms with Gasteiger partial charge in [-0.2, -0.15) is 0 Å². The van der Waals surface area contributed by atoms with E-state index in [0.29, 0.717) is 38.4 Å². The highest BCUT2D eigenvalue weighted by atomic mass is 127. The van der Waals surface area contributed by atoms with Crippen molar-refractivity contribution in [1.29, 1.82) is 0 Å². The van der Waals surface area contributed by atoms with E-state index in [1.807, 2.05) is 18.2 Å². The summed E-state index contributed by atoms with van der Waals surface area (Å²) in [6, 6.07) is 5.69. The Morgan fingerprint density at radius 3 is 2.68 bits per heavy atom. The molecule has 3 N–H and O–H groups in total. The van der Waals surface area contributed by atoms with Crippen molar-refractivity contribution in [3.63, 3.8) is 0 Å². The lowest BCUT2D eigenvalue weighted by Crippen LogP contribution is -2.24. The van der Waals surface area contributed by atoms with Crippen molar-refractivity contribution in [3.8, 4) is 11.5 Å². The van der Waals surface area contributed by atoms with Gasteiger partial charge in [-0.3, -0.25) is 4.99 Å². The zero-order valence-electron chi connectivity index (χ0n) is 14.5. The molecule has 6 nitrogen and oxygen atoms in total. The van der Waals surface area contributed by atoms with Crippen LogP contribution in [0.4, 0.5) is 5.69 Å². The zero-order chi connectivity index (χ0) is 16.6. The highest BCUT2D eigenvalue weighted by Gasteiger charge is 2.13. The van der Waals surface area contributed by atoms with Gasteiger partial charge in [-0.1, -0.05) is 19.3 Å². The molecule has 1 aromatic carbocycles. The third-order valence-electron chi connectivity index (χ3n) is 4.30. The molecule has 7 heteroatoms. The van der Waals surface area contributed by atoms with E-state index in [4.69, 9.17) is 19.9 Å². The first-order valence-electron chi connectivity index (χ1n) is 8.89. The number of nitrogens with one attached hydrogen (secondary N) is 1. The number of ether oxygens (including phenoxy) is 3. The summed E-state index contributed by atoms with van der Waals surface area (Å²) in [7, 11) is 0. The molecule has 3 rings (SSSR count). The summed E-state index contributed by atoms with van der Waals surface area (Å²) in [5.41, 5.74) is 6.78. The first-order chi connectivity index (χ1) is 11.8. The second kappa shape index (κ2) is 10.7. The summed E-state index contributed by atoms with van der Waals surface area (Å²) < 4.78 is 17.1. The molecule has 0 unspecified atom stereocenters. The fraction of sp³-hybridized carbons (Fsp3) is 0.611. The van der Waals surface area contributed by atoms with Gasteiger partial charge in [-0.15, -0.1) is 24.0 Å². The van der Waals surface area contributed by atoms with Crippen molar-refractivity contribution >= 4 is 35.6 Å². The molecule has 0 radical (unpaired) electrons. The molecule has 0 atom stereocenters. The third-order valence-corrected chi connectivity index (χ3v) is 4.30. The molecule has 25 heavy (non-hydrogen) atoms. The first-order valence-corrected chi connectivity index (χ1v) is 8.89. The molecule has 0 amide bonds. The largest absolute Gasteiger partial charge is 0.490 e. The Morgan fingerprint density at radius 2 is 1.88 bits per heavy atom. The number of guanidine groups is 1. The molecular weight excluding hydrogens is 433 g/mol. The number of aliphatic imine (C=N–C) groups is 1. The number of halogens is 1. The van der Waals surface area contributed by atoms with Gasteiger partial charge in [0.1, 0.15) is 0 Å². The normalized spacial score (nSPS) is 18.2. The first kappa shape index (κ1) is 20.1. The van der Waals surface area contributed by atoms with Crippen LogP contribution in [-0.4, -0.2) is 38.4 Å². The van der Waals surface area contributed by atoms with Crippen molar-refractivity contribution in [2.45, 2.75) is 44.6 Å². The van der Waals surface area contributed by atoms with E-state index < -0.39 is 0 Å². The van der Waals surface area contributed by atoms with Crippen LogP contribution in [0.25, 0.3) is 0 Å². The lowest BCUT2D eigenvalue weighted by Gasteiger charge is -2.21. The van der Waals surface area contributed by atoms with E-state index in [1.54, 1.807) is 0 Å². The summed E-state index contributed by atoms with van der Waals surface area (Å²) in [6.45, 7) is 2.54. The average molecular weight is 461 g/mol. The van der Waals surface area contributed by atoms with Gasteiger partial charge >= 0.3 is 0 Å². The van der Waals surface area contributed by atoms with Gasteiger partial charge < -0.3 is 25.3 Å². The summed E-state index contributed by atoms with van der Waals surface area (Å²) in [4.78, 5) is 4.32. The van der Waals surface area contributed by atoms with Gasteiger partial charge in [0.15, 0.2) is 17.5 Å². The van der Waals surface area contributed by atoms with Crippen LogP contribution in [0.3, 0.4) is 0 Å². The van der Waals surface area contributed by atoms with Crippen LogP contribution in [0, 0.1) is 0 Å². The number of hydrogen-bond donors (Lipinski definition) is 2. The van der Waals surface area contributed by atoms with Crippen molar-refractivity contribution in [3.05, 3.63) is 18.2 Å². The van der Waals surface area contributed by atoms with Crippen LogP contribution in [0.1, 0.15) is 38.5 Å². The summed E-state index contributed by atoms with van der Waals surface area (Å²) >= 11 is 0. The monoisotopic (exact) mass is 461 g/mol. The minimum Gasteiger partial charge on any atom is -0.490 e. The highest BCUT2D eigenvalue weighted by Crippen LogP contribution is 2.32. The van der Waals surface area contributed by atoms with Gasteiger partial charge in [0, 0.05) is 18.2 Å². The number of nitrogens with two attached hydrogens (primary N) is 1. The van der Waals surface area contributed by atoms with Gasteiger partial charge in [-0.25, -0.2) is 0 Å². The van der Waals surface area contributed by atoms with Crippen LogP contribution >= 0.6 is 24.0 Å². The van der Waals surface area contributed by atoms with Crippen molar-refractivity contribution in [2.24, 2.45) is 10.7 Å². The van der Waals surface area contributed by atoms with Crippen LogP contribution < -0.4 is 20.5 Å². The van der Waals surface area contributed by atoms with E-state index >= 15 is 0 Å². The van der Waals surface area contributed by atoms with Gasteiger partial charge in [0.25, 0.3) is 0 Å². The number of fused-ring (bicyclic) bond motifs is 1. The van der Waals surface area contributed by atoms with Crippen LogP contribution in [0.15, 0.2) is 23.2 Å². The molecule has 1 saturated carbocycles. The molecule has 1 aliphatic carbocycles. The molecular formula is C18H28IN3O3. The Kier molecular flexibility index (Phi) is 8.60. The second-order valence-electron chi connectivity index (χ2n) is 6.23. The van der Waals surface area contributed by atoms with Crippen molar-refractivity contribution < 1.29 is 14.2 Å². The minimum atomic E-state index is 0. The summed E-state index contributed by atoms with van der Waals surface area (Å²) in [5, 5.41) is 3.09. The molecule has 1 heterocycles. The SMILES string of the molecule is I.NC(=NCCOC1CCCCC1)Nc1ccc2c(c1)OCCCO2. The quantitative estimate of drug-likeness (QED) is 0.304. The van der Waals surface area contributed by atoms with E-state index in [1.165, 1.54) is 32.1 Å². The summed E-state index contributed by atoms with van der Waals surface area (Å²) in [6.07, 6.45) is 7.55. The zero-order valence-corrected chi connectivity index (χ0v) is 16.9. The van der Waals surface area contributed by atoms with Gasteiger partial charge in [-0.05, 0) is 25.0 Å². The van der Waals surface area contributed by atoms with E-state index in [2.05, 4.69) is 10.3 Å². The Balaban J connectivity index is 0.00000225. The lowest BCUT2D eigenvalue weighted by atomic mass is 9.98. The lowest BCUT2D eigenvalue weighted by molar-refractivity contribution is 0.0335. The fourth-order valence-electron chi connectivity index (χ4n) is 3.05. The maximum atomic E-state index is 5.94. The Labute approximate surface area is 166 Å². The van der Waals surface area contributed by atoms with Crippen LogP contribution in [0.2, 0.25) is 0 Å². The predicted octanol–water partition coefficient (Wildman–Crippen LogP) is 3.54. The molecule has 1 aromatic rings. The fourth-order valence-corrected chi connectivity index (χ4v) is 3.05. The van der Waals surface area contributed by atoms with E-state index in [-0.39, 0.29) is 24.0 Å². The Hall–Kier alpha value is -1.22. The van der Waals surface area contributed by atoms with Crippen molar-refractivity contribution in [1.82, 2.24) is 0 Å². The van der Waals surface area contributed by atoms with Gasteiger partial charge in [0.2, 0.25) is 0 Å². The second-order valence-corrected chi connectivity index (χ2v) is 6.23. The predicted molar refractivity (Wildman–Crippen MR) is 110 cm³/mol. The maximum absolute atomic E-state index is 5.94. The van der Waals surface area contributed by atoms with Crippen LogP contribution in [0.5, 0.6) is 11.5 Å².